The zero-order valence-corrected chi connectivity index (χ0v) is 17.7. The number of amides is 1. The third-order valence-electron chi connectivity index (χ3n) is 4.19. The second kappa shape index (κ2) is 8.79. The Bertz CT molecular complexity index is 863. The van der Waals surface area contributed by atoms with Gasteiger partial charge in [-0.3, -0.25) is 4.79 Å². The lowest BCUT2D eigenvalue weighted by Crippen LogP contribution is -2.23. The molecule has 7 nitrogen and oxygen atoms in total. The number of anilines is 1. The number of hydrogen-bond donors (Lipinski definition) is 1. The lowest BCUT2D eigenvalue weighted by Gasteiger charge is -2.16. The molecule has 0 saturated carbocycles. The number of nitrogens with zero attached hydrogens (tertiary/aromatic N) is 4. The summed E-state index contributed by atoms with van der Waals surface area (Å²) < 4.78 is 6.28. The largest absolute Gasteiger partial charge is 0.351 e. The van der Waals surface area contributed by atoms with E-state index in [1.54, 1.807) is 11.3 Å². The molecule has 3 rings (SSSR count). The van der Waals surface area contributed by atoms with Crippen LogP contribution >= 0.6 is 22.7 Å². The standard InChI is InChI=1S/C18H25N5O2S2/c1-5-23(6-2)18-21-17-13(27-18)10-12(26-17)16(24)19-9-7-8-14-20-15(11(3)4)22-25-14/h10-11H,5-9H2,1-4H3,(H,19,24). The molecular weight excluding hydrogens is 382 g/mol. The van der Waals surface area contributed by atoms with Crippen molar-refractivity contribution in [3.63, 3.8) is 0 Å². The third-order valence-corrected chi connectivity index (χ3v) is 6.41. The molecule has 9 heteroatoms. The van der Waals surface area contributed by atoms with Gasteiger partial charge < -0.3 is 14.7 Å². The molecule has 3 aromatic heterocycles. The molecule has 0 bridgehead atoms. The lowest BCUT2D eigenvalue weighted by atomic mass is 10.2. The summed E-state index contributed by atoms with van der Waals surface area (Å²) >= 11 is 3.09. The maximum Gasteiger partial charge on any atom is 0.261 e. The van der Waals surface area contributed by atoms with Crippen molar-refractivity contribution in [3.05, 3.63) is 22.7 Å². The summed E-state index contributed by atoms with van der Waals surface area (Å²) in [5, 5.41) is 7.93. The van der Waals surface area contributed by atoms with E-state index in [1.807, 2.05) is 19.9 Å². The van der Waals surface area contributed by atoms with Crippen molar-refractivity contribution < 1.29 is 9.32 Å². The van der Waals surface area contributed by atoms with E-state index in [0.29, 0.717) is 23.7 Å². The molecule has 0 aliphatic rings. The molecule has 1 N–H and O–H groups in total. The molecule has 0 aliphatic carbocycles. The van der Waals surface area contributed by atoms with Crippen molar-refractivity contribution in [1.29, 1.82) is 0 Å². The van der Waals surface area contributed by atoms with Crippen LogP contribution in [0.15, 0.2) is 10.6 Å². The minimum absolute atomic E-state index is 0.0528. The first kappa shape index (κ1) is 19.8. The van der Waals surface area contributed by atoms with E-state index in [2.05, 4.69) is 39.2 Å². The number of carbonyl (C=O) groups excluding carboxylic acids is 1. The van der Waals surface area contributed by atoms with Gasteiger partial charge in [0.1, 0.15) is 4.83 Å². The quantitative estimate of drug-likeness (QED) is 0.538. The van der Waals surface area contributed by atoms with Crippen molar-refractivity contribution in [3.8, 4) is 0 Å². The van der Waals surface area contributed by atoms with Crippen LogP contribution in [0.1, 0.15) is 61.4 Å². The van der Waals surface area contributed by atoms with Gasteiger partial charge in [0, 0.05) is 32.0 Å². The predicted octanol–water partition coefficient (Wildman–Crippen LogP) is 4.07. The molecule has 0 unspecified atom stereocenters. The summed E-state index contributed by atoms with van der Waals surface area (Å²) in [6.07, 6.45) is 1.42. The fraction of sp³-hybridized carbons (Fsp3) is 0.556. The molecule has 146 valence electrons. The van der Waals surface area contributed by atoms with E-state index in [1.165, 1.54) is 11.3 Å². The number of thiazole rings is 1. The third kappa shape index (κ3) is 4.65. The van der Waals surface area contributed by atoms with Crippen molar-refractivity contribution in [1.82, 2.24) is 20.4 Å². The monoisotopic (exact) mass is 407 g/mol. The molecule has 1 amide bonds. The van der Waals surface area contributed by atoms with Gasteiger partial charge in [-0.05, 0) is 26.3 Å². The van der Waals surface area contributed by atoms with Crippen LogP contribution in [-0.2, 0) is 6.42 Å². The normalized spacial score (nSPS) is 11.4. The minimum atomic E-state index is -0.0528. The van der Waals surface area contributed by atoms with E-state index >= 15 is 0 Å². The van der Waals surface area contributed by atoms with Crippen LogP contribution in [-0.4, -0.2) is 40.7 Å². The van der Waals surface area contributed by atoms with Gasteiger partial charge in [-0.25, -0.2) is 4.98 Å². The van der Waals surface area contributed by atoms with Gasteiger partial charge in [0.2, 0.25) is 5.89 Å². The molecule has 0 fully saturated rings. The van der Waals surface area contributed by atoms with Crippen LogP contribution < -0.4 is 10.2 Å². The van der Waals surface area contributed by atoms with Gasteiger partial charge in [0.05, 0.1) is 9.58 Å². The lowest BCUT2D eigenvalue weighted by molar-refractivity contribution is 0.0957. The fourth-order valence-electron chi connectivity index (χ4n) is 2.60. The molecule has 0 saturated heterocycles. The average Bonchev–Trinajstić information content (AvgIpc) is 3.34. The van der Waals surface area contributed by atoms with Crippen LogP contribution in [0.5, 0.6) is 0 Å². The summed E-state index contributed by atoms with van der Waals surface area (Å²) in [4.78, 5) is 25.2. The topological polar surface area (TPSA) is 84.2 Å². The summed E-state index contributed by atoms with van der Waals surface area (Å²) in [5.74, 6) is 1.55. The smallest absolute Gasteiger partial charge is 0.261 e. The SMILES string of the molecule is CCN(CC)c1nc2sc(C(=O)NCCCc3nc(C(C)C)no3)cc2s1. The number of carbonyl (C=O) groups is 1. The highest BCUT2D eigenvalue weighted by molar-refractivity contribution is 7.29. The molecule has 0 radical (unpaired) electrons. The molecule has 0 spiro atoms. The Morgan fingerprint density at radius 1 is 1.26 bits per heavy atom. The molecule has 0 atom stereocenters. The summed E-state index contributed by atoms with van der Waals surface area (Å²) in [7, 11) is 0. The van der Waals surface area contributed by atoms with Gasteiger partial charge >= 0.3 is 0 Å². The highest BCUT2D eigenvalue weighted by atomic mass is 32.1. The Kier molecular flexibility index (Phi) is 6.43. The van der Waals surface area contributed by atoms with Crippen molar-refractivity contribution in [2.45, 2.75) is 46.5 Å². The molecule has 0 aromatic carbocycles. The Morgan fingerprint density at radius 3 is 2.67 bits per heavy atom. The zero-order valence-electron chi connectivity index (χ0n) is 16.1. The minimum Gasteiger partial charge on any atom is -0.351 e. The summed E-state index contributed by atoms with van der Waals surface area (Å²) in [6, 6.07) is 1.94. The Morgan fingerprint density at radius 2 is 2.04 bits per heavy atom. The number of rotatable bonds is 9. The molecule has 3 heterocycles. The average molecular weight is 408 g/mol. The molecule has 3 aromatic rings. The van der Waals surface area contributed by atoms with E-state index in [4.69, 9.17) is 4.52 Å². The Balaban J connectivity index is 1.51. The van der Waals surface area contributed by atoms with Crippen molar-refractivity contribution in [2.75, 3.05) is 24.5 Å². The van der Waals surface area contributed by atoms with E-state index in [0.717, 1.165) is 40.0 Å². The number of fused-ring (bicyclic) bond motifs is 1. The second-order valence-corrected chi connectivity index (χ2v) is 8.55. The first-order valence-corrected chi connectivity index (χ1v) is 10.9. The van der Waals surface area contributed by atoms with Crippen molar-refractivity contribution in [2.24, 2.45) is 0 Å². The Hall–Kier alpha value is -2.00. The molecule has 0 aliphatic heterocycles. The summed E-state index contributed by atoms with van der Waals surface area (Å²) in [5.41, 5.74) is 0. The van der Waals surface area contributed by atoms with Gasteiger partial charge in [-0.15, -0.1) is 11.3 Å². The van der Waals surface area contributed by atoms with Crippen LogP contribution in [0.3, 0.4) is 0 Å². The van der Waals surface area contributed by atoms with Crippen molar-refractivity contribution >= 4 is 43.2 Å². The fourth-order valence-corrected chi connectivity index (χ4v) is 4.85. The Labute approximate surface area is 166 Å². The molecule has 27 heavy (non-hydrogen) atoms. The highest BCUT2D eigenvalue weighted by Crippen LogP contribution is 2.34. The maximum atomic E-state index is 12.4. The first-order valence-electron chi connectivity index (χ1n) is 9.27. The number of thiophene rings is 1. The zero-order chi connectivity index (χ0) is 19.4. The van der Waals surface area contributed by atoms with Gasteiger partial charge in [0.15, 0.2) is 11.0 Å². The van der Waals surface area contributed by atoms with Crippen LogP contribution in [0.4, 0.5) is 5.13 Å². The van der Waals surface area contributed by atoms with Gasteiger partial charge in [-0.1, -0.05) is 30.3 Å². The number of nitrogens with one attached hydrogen (secondary N) is 1. The van der Waals surface area contributed by atoms with Crippen LogP contribution in [0, 0.1) is 0 Å². The summed E-state index contributed by atoms with van der Waals surface area (Å²) in [6.45, 7) is 10.7. The second-order valence-electron chi connectivity index (χ2n) is 6.51. The van der Waals surface area contributed by atoms with Gasteiger partial charge in [0.25, 0.3) is 5.91 Å². The van der Waals surface area contributed by atoms with Crippen LogP contribution in [0.25, 0.3) is 9.53 Å². The number of aryl methyl sites for hydroxylation is 1. The predicted molar refractivity (Wildman–Crippen MR) is 110 cm³/mol. The maximum absolute atomic E-state index is 12.4. The van der Waals surface area contributed by atoms with E-state index < -0.39 is 0 Å². The first-order chi connectivity index (χ1) is 13.0. The number of hydrogen-bond acceptors (Lipinski definition) is 8. The highest BCUT2D eigenvalue weighted by Gasteiger charge is 2.16. The van der Waals surface area contributed by atoms with E-state index in [-0.39, 0.29) is 11.8 Å². The molecular formula is C18H25N5O2S2. The number of aromatic nitrogens is 3. The van der Waals surface area contributed by atoms with Crippen LogP contribution in [0.2, 0.25) is 0 Å². The van der Waals surface area contributed by atoms with Gasteiger partial charge in [-0.2, -0.15) is 4.98 Å². The van der Waals surface area contributed by atoms with E-state index in [9.17, 15) is 4.79 Å².